The zero-order valence-corrected chi connectivity index (χ0v) is 13.8. The second-order valence-electron chi connectivity index (χ2n) is 6.71. The highest BCUT2D eigenvalue weighted by atomic mass is 16.3. The molecule has 3 nitrogen and oxygen atoms in total. The zero-order valence-electron chi connectivity index (χ0n) is 13.8. The molecule has 1 saturated carbocycles. The lowest BCUT2D eigenvalue weighted by molar-refractivity contribution is -0.121. The van der Waals surface area contributed by atoms with E-state index < -0.39 is 0 Å². The number of carbonyl (C=O) groups excluding carboxylic acids is 1. The average molecular weight is 303 g/mol. The van der Waals surface area contributed by atoms with Crippen LogP contribution in [-0.4, -0.2) is 23.7 Å². The van der Waals surface area contributed by atoms with E-state index in [2.05, 4.69) is 43.4 Å². The Labute approximate surface area is 134 Å². The number of nitrogens with one attached hydrogen (secondary N) is 1. The van der Waals surface area contributed by atoms with Crippen molar-refractivity contribution in [2.45, 2.75) is 64.4 Å². The van der Waals surface area contributed by atoms with E-state index in [0.717, 1.165) is 32.1 Å². The van der Waals surface area contributed by atoms with Crippen molar-refractivity contribution in [1.29, 1.82) is 0 Å². The molecule has 1 aliphatic carbocycles. The molecule has 0 aliphatic heterocycles. The van der Waals surface area contributed by atoms with Gasteiger partial charge in [-0.25, -0.2) is 0 Å². The number of aliphatic hydroxyl groups excluding tert-OH is 1. The molecule has 1 aromatic carbocycles. The highest BCUT2D eigenvalue weighted by molar-refractivity contribution is 5.76. The maximum absolute atomic E-state index is 12.2. The fraction of sp³-hybridized carbons (Fsp3) is 0.632. The van der Waals surface area contributed by atoms with Crippen molar-refractivity contribution < 1.29 is 9.90 Å². The van der Waals surface area contributed by atoms with Gasteiger partial charge in [0.2, 0.25) is 5.91 Å². The maximum Gasteiger partial charge on any atom is 0.220 e. The van der Waals surface area contributed by atoms with E-state index in [1.807, 2.05) is 0 Å². The van der Waals surface area contributed by atoms with Crippen molar-refractivity contribution in [3.63, 3.8) is 0 Å². The molecule has 0 radical (unpaired) electrons. The first-order chi connectivity index (χ1) is 10.6. The van der Waals surface area contributed by atoms with Gasteiger partial charge in [0.25, 0.3) is 0 Å². The molecular weight excluding hydrogens is 274 g/mol. The number of aliphatic hydroxyl groups is 1. The van der Waals surface area contributed by atoms with Crippen LogP contribution in [0, 0.1) is 12.8 Å². The molecule has 1 aromatic rings. The second kappa shape index (κ2) is 8.33. The fourth-order valence-corrected chi connectivity index (χ4v) is 3.34. The first-order valence-corrected chi connectivity index (χ1v) is 8.59. The Morgan fingerprint density at radius 2 is 2.05 bits per heavy atom. The summed E-state index contributed by atoms with van der Waals surface area (Å²) in [5.74, 6) is 0.859. The summed E-state index contributed by atoms with van der Waals surface area (Å²) < 4.78 is 0. The van der Waals surface area contributed by atoms with E-state index >= 15 is 0 Å². The maximum atomic E-state index is 12.2. The lowest BCUT2D eigenvalue weighted by Gasteiger charge is -2.26. The predicted molar refractivity (Wildman–Crippen MR) is 89.8 cm³/mol. The third kappa shape index (κ3) is 5.13. The van der Waals surface area contributed by atoms with E-state index in [1.54, 1.807) is 0 Å². The highest BCUT2D eigenvalue weighted by Crippen LogP contribution is 2.25. The van der Waals surface area contributed by atoms with Crippen LogP contribution in [-0.2, 0) is 4.79 Å². The molecule has 1 aliphatic rings. The number of aryl methyl sites for hydroxylation is 1. The van der Waals surface area contributed by atoms with Gasteiger partial charge >= 0.3 is 0 Å². The molecular formula is C19H29NO2. The Balaban J connectivity index is 1.80. The summed E-state index contributed by atoms with van der Waals surface area (Å²) in [7, 11) is 0. The molecule has 0 bridgehead atoms. The summed E-state index contributed by atoms with van der Waals surface area (Å²) in [6.45, 7) is 4.92. The minimum Gasteiger partial charge on any atom is -0.393 e. The van der Waals surface area contributed by atoms with Gasteiger partial charge in [-0.1, -0.05) is 43.2 Å². The molecule has 3 atom stereocenters. The minimum atomic E-state index is -0.174. The topological polar surface area (TPSA) is 49.3 Å². The van der Waals surface area contributed by atoms with Crippen LogP contribution in [0.2, 0.25) is 0 Å². The van der Waals surface area contributed by atoms with E-state index in [-0.39, 0.29) is 17.9 Å². The summed E-state index contributed by atoms with van der Waals surface area (Å²) in [5, 5.41) is 12.8. The first-order valence-electron chi connectivity index (χ1n) is 8.59. The SMILES string of the molecule is CCC(CC(=O)NCC1CCCC(O)C1)c1ccc(C)cc1. The van der Waals surface area contributed by atoms with Crippen LogP contribution in [0.3, 0.4) is 0 Å². The van der Waals surface area contributed by atoms with Crippen LogP contribution in [0.25, 0.3) is 0 Å². The Bertz CT molecular complexity index is 469. The third-order valence-electron chi connectivity index (χ3n) is 4.82. The number of benzene rings is 1. The molecule has 2 rings (SSSR count). The summed E-state index contributed by atoms with van der Waals surface area (Å²) in [6, 6.07) is 8.49. The van der Waals surface area contributed by atoms with Gasteiger partial charge in [0.1, 0.15) is 0 Å². The number of hydrogen-bond acceptors (Lipinski definition) is 2. The molecule has 3 heteroatoms. The summed E-state index contributed by atoms with van der Waals surface area (Å²) >= 11 is 0. The molecule has 1 amide bonds. The van der Waals surface area contributed by atoms with Crippen LogP contribution in [0.15, 0.2) is 24.3 Å². The summed E-state index contributed by atoms with van der Waals surface area (Å²) in [4.78, 5) is 12.2. The van der Waals surface area contributed by atoms with Crippen molar-refractivity contribution in [2.75, 3.05) is 6.54 Å². The summed E-state index contributed by atoms with van der Waals surface area (Å²) in [6.07, 6.45) is 5.28. The van der Waals surface area contributed by atoms with E-state index in [4.69, 9.17) is 0 Å². The van der Waals surface area contributed by atoms with Crippen LogP contribution < -0.4 is 5.32 Å². The molecule has 22 heavy (non-hydrogen) atoms. The number of amides is 1. The van der Waals surface area contributed by atoms with E-state index in [9.17, 15) is 9.90 Å². The van der Waals surface area contributed by atoms with Crippen molar-refractivity contribution in [1.82, 2.24) is 5.32 Å². The molecule has 0 spiro atoms. The molecule has 0 saturated heterocycles. The van der Waals surface area contributed by atoms with Gasteiger partial charge in [-0.15, -0.1) is 0 Å². The number of hydrogen-bond donors (Lipinski definition) is 2. The van der Waals surface area contributed by atoms with Crippen molar-refractivity contribution in [3.05, 3.63) is 35.4 Å². The first kappa shape index (κ1) is 17.0. The smallest absolute Gasteiger partial charge is 0.220 e. The standard InChI is InChI=1S/C19H29NO2/c1-3-16(17-9-7-14(2)8-10-17)12-19(22)20-13-15-5-4-6-18(21)11-15/h7-10,15-16,18,21H,3-6,11-13H2,1-2H3,(H,20,22). The van der Waals surface area contributed by atoms with Crippen LogP contribution in [0.1, 0.15) is 62.5 Å². The molecule has 3 unspecified atom stereocenters. The van der Waals surface area contributed by atoms with Gasteiger partial charge in [-0.3, -0.25) is 4.79 Å². The Kier molecular flexibility index (Phi) is 6.44. The Hall–Kier alpha value is -1.35. The normalized spacial score (nSPS) is 23.0. The van der Waals surface area contributed by atoms with Crippen LogP contribution >= 0.6 is 0 Å². The number of rotatable bonds is 6. The monoisotopic (exact) mass is 303 g/mol. The largest absolute Gasteiger partial charge is 0.393 e. The van der Waals surface area contributed by atoms with E-state index in [1.165, 1.54) is 11.1 Å². The van der Waals surface area contributed by atoms with Gasteiger partial charge in [-0.2, -0.15) is 0 Å². The Morgan fingerprint density at radius 1 is 1.32 bits per heavy atom. The molecule has 1 fully saturated rings. The summed E-state index contributed by atoms with van der Waals surface area (Å²) in [5.41, 5.74) is 2.50. The van der Waals surface area contributed by atoms with Gasteiger partial charge in [0.15, 0.2) is 0 Å². The number of carbonyl (C=O) groups is 1. The zero-order chi connectivity index (χ0) is 15.9. The molecule has 0 aromatic heterocycles. The lowest BCUT2D eigenvalue weighted by atomic mass is 9.87. The molecule has 0 heterocycles. The second-order valence-corrected chi connectivity index (χ2v) is 6.71. The van der Waals surface area contributed by atoms with Crippen LogP contribution in [0.4, 0.5) is 0 Å². The van der Waals surface area contributed by atoms with Gasteiger partial charge < -0.3 is 10.4 Å². The quantitative estimate of drug-likeness (QED) is 0.844. The lowest BCUT2D eigenvalue weighted by Crippen LogP contribution is -2.33. The highest BCUT2D eigenvalue weighted by Gasteiger charge is 2.21. The fourth-order valence-electron chi connectivity index (χ4n) is 3.34. The predicted octanol–water partition coefficient (Wildman–Crippen LogP) is 3.55. The van der Waals surface area contributed by atoms with Crippen molar-refractivity contribution in [2.24, 2.45) is 5.92 Å². The Morgan fingerprint density at radius 3 is 2.68 bits per heavy atom. The molecule has 122 valence electrons. The minimum absolute atomic E-state index is 0.132. The third-order valence-corrected chi connectivity index (χ3v) is 4.82. The van der Waals surface area contributed by atoms with Gasteiger partial charge in [0, 0.05) is 13.0 Å². The van der Waals surface area contributed by atoms with Gasteiger partial charge in [0.05, 0.1) is 6.10 Å². The van der Waals surface area contributed by atoms with Crippen molar-refractivity contribution in [3.8, 4) is 0 Å². The average Bonchev–Trinajstić information content (AvgIpc) is 2.52. The van der Waals surface area contributed by atoms with Crippen molar-refractivity contribution >= 4 is 5.91 Å². The molecule has 2 N–H and O–H groups in total. The van der Waals surface area contributed by atoms with E-state index in [0.29, 0.717) is 18.9 Å². The van der Waals surface area contributed by atoms with Crippen LogP contribution in [0.5, 0.6) is 0 Å². The van der Waals surface area contributed by atoms with Gasteiger partial charge in [-0.05, 0) is 50.0 Å².